The molecule has 0 fully saturated rings. The summed E-state index contributed by atoms with van der Waals surface area (Å²) < 4.78 is 0. The first-order valence-electron chi connectivity index (χ1n) is 5.57. The highest BCUT2D eigenvalue weighted by atomic mass is 16.3. The van der Waals surface area contributed by atoms with Gasteiger partial charge in [0.1, 0.15) is 5.75 Å². The molecule has 0 saturated carbocycles. The normalized spacial score (nSPS) is 12.1. The Morgan fingerprint density at radius 3 is 2.24 bits per heavy atom. The molecule has 0 aromatic heterocycles. The van der Waals surface area contributed by atoms with Gasteiger partial charge in [0.05, 0.1) is 0 Å². The lowest BCUT2D eigenvalue weighted by Crippen LogP contribution is -2.09. The highest BCUT2D eigenvalue weighted by molar-refractivity contribution is 6.01. The van der Waals surface area contributed by atoms with Gasteiger partial charge >= 0.3 is 0 Å². The van der Waals surface area contributed by atoms with E-state index in [1.54, 1.807) is 30.3 Å². The molecule has 0 heterocycles. The number of phenols is 1. The Labute approximate surface area is 101 Å². The van der Waals surface area contributed by atoms with Crippen LogP contribution < -0.4 is 0 Å². The summed E-state index contributed by atoms with van der Waals surface area (Å²) in [6.07, 6.45) is 0. The van der Waals surface area contributed by atoms with Crippen molar-refractivity contribution in [3.05, 3.63) is 65.7 Å². The maximum absolute atomic E-state index is 12.2. The fourth-order valence-corrected chi connectivity index (χ4v) is 1.85. The molecule has 0 aliphatic heterocycles. The fourth-order valence-electron chi connectivity index (χ4n) is 1.85. The SMILES string of the molecule is CC(C(=O)c1ccccc1)c1ccccc1O. The lowest BCUT2D eigenvalue weighted by Gasteiger charge is -2.12. The Morgan fingerprint density at radius 2 is 1.59 bits per heavy atom. The van der Waals surface area contributed by atoms with Crippen LogP contribution >= 0.6 is 0 Å². The first kappa shape index (κ1) is 11.4. The largest absolute Gasteiger partial charge is 0.508 e. The number of ketones is 1. The topological polar surface area (TPSA) is 37.3 Å². The second-order valence-electron chi connectivity index (χ2n) is 4.01. The molecule has 0 saturated heterocycles. The van der Waals surface area contributed by atoms with Crippen molar-refractivity contribution in [2.45, 2.75) is 12.8 Å². The molecule has 0 aliphatic carbocycles. The quantitative estimate of drug-likeness (QED) is 0.814. The van der Waals surface area contributed by atoms with Crippen LogP contribution in [0.2, 0.25) is 0 Å². The van der Waals surface area contributed by atoms with Crippen molar-refractivity contribution in [1.82, 2.24) is 0 Å². The molecular formula is C15H14O2. The first-order chi connectivity index (χ1) is 8.20. The van der Waals surface area contributed by atoms with Crippen molar-refractivity contribution < 1.29 is 9.90 Å². The van der Waals surface area contributed by atoms with Crippen molar-refractivity contribution in [2.75, 3.05) is 0 Å². The summed E-state index contributed by atoms with van der Waals surface area (Å²) in [5.74, 6) is -0.144. The Morgan fingerprint density at radius 1 is 1.00 bits per heavy atom. The van der Waals surface area contributed by atoms with Crippen LogP contribution in [0.4, 0.5) is 0 Å². The number of carbonyl (C=O) groups excluding carboxylic acids is 1. The van der Waals surface area contributed by atoms with E-state index in [9.17, 15) is 9.90 Å². The zero-order valence-electron chi connectivity index (χ0n) is 9.63. The number of para-hydroxylation sites is 1. The minimum Gasteiger partial charge on any atom is -0.508 e. The van der Waals surface area contributed by atoms with E-state index in [1.165, 1.54) is 0 Å². The Balaban J connectivity index is 2.30. The second kappa shape index (κ2) is 4.83. The van der Waals surface area contributed by atoms with Crippen LogP contribution in [0.15, 0.2) is 54.6 Å². The molecule has 1 atom stereocenters. The summed E-state index contributed by atoms with van der Waals surface area (Å²) in [7, 11) is 0. The summed E-state index contributed by atoms with van der Waals surface area (Å²) in [5.41, 5.74) is 1.34. The molecule has 86 valence electrons. The monoisotopic (exact) mass is 226 g/mol. The van der Waals surface area contributed by atoms with E-state index < -0.39 is 0 Å². The van der Waals surface area contributed by atoms with Crippen LogP contribution in [0.25, 0.3) is 0 Å². The Bertz CT molecular complexity index is 517. The van der Waals surface area contributed by atoms with Crippen LogP contribution in [-0.2, 0) is 0 Å². The Hall–Kier alpha value is -2.09. The second-order valence-corrected chi connectivity index (χ2v) is 4.01. The average molecular weight is 226 g/mol. The maximum atomic E-state index is 12.2. The molecule has 2 aromatic carbocycles. The van der Waals surface area contributed by atoms with E-state index in [0.29, 0.717) is 11.1 Å². The molecule has 0 spiro atoms. The van der Waals surface area contributed by atoms with Crippen molar-refractivity contribution in [2.24, 2.45) is 0 Å². The molecule has 0 amide bonds. The van der Waals surface area contributed by atoms with Gasteiger partial charge in [-0.1, -0.05) is 55.5 Å². The predicted octanol–water partition coefficient (Wildman–Crippen LogP) is 3.38. The van der Waals surface area contributed by atoms with E-state index in [4.69, 9.17) is 0 Å². The van der Waals surface area contributed by atoms with E-state index in [-0.39, 0.29) is 17.5 Å². The number of carbonyl (C=O) groups is 1. The Kier molecular flexibility index (Phi) is 3.24. The van der Waals surface area contributed by atoms with Gasteiger partial charge in [0.2, 0.25) is 0 Å². The van der Waals surface area contributed by atoms with Crippen LogP contribution in [0, 0.1) is 0 Å². The molecule has 2 aromatic rings. The highest BCUT2D eigenvalue weighted by Gasteiger charge is 2.19. The third kappa shape index (κ3) is 2.36. The number of rotatable bonds is 3. The number of aromatic hydroxyl groups is 1. The maximum Gasteiger partial charge on any atom is 0.170 e. The third-order valence-corrected chi connectivity index (χ3v) is 2.85. The van der Waals surface area contributed by atoms with Gasteiger partial charge in [-0.25, -0.2) is 0 Å². The van der Waals surface area contributed by atoms with Crippen LogP contribution in [0.1, 0.15) is 28.8 Å². The molecule has 2 rings (SSSR count). The summed E-state index contributed by atoms with van der Waals surface area (Å²) in [6.45, 7) is 1.81. The van der Waals surface area contributed by atoms with Gasteiger partial charge in [-0.2, -0.15) is 0 Å². The van der Waals surface area contributed by atoms with Crippen LogP contribution in [0.5, 0.6) is 5.75 Å². The van der Waals surface area contributed by atoms with Crippen molar-refractivity contribution in [1.29, 1.82) is 0 Å². The molecule has 0 aliphatic rings. The van der Waals surface area contributed by atoms with Gasteiger partial charge in [-0.15, -0.1) is 0 Å². The van der Waals surface area contributed by atoms with Gasteiger partial charge in [-0.3, -0.25) is 4.79 Å². The first-order valence-corrected chi connectivity index (χ1v) is 5.57. The van der Waals surface area contributed by atoms with Gasteiger partial charge in [-0.05, 0) is 6.07 Å². The minimum absolute atomic E-state index is 0.0205. The van der Waals surface area contributed by atoms with Gasteiger partial charge in [0, 0.05) is 17.0 Å². The molecule has 1 unspecified atom stereocenters. The summed E-state index contributed by atoms with van der Waals surface area (Å²) in [4.78, 5) is 12.2. The van der Waals surface area contributed by atoms with Crippen LogP contribution in [0.3, 0.4) is 0 Å². The number of hydrogen-bond acceptors (Lipinski definition) is 2. The van der Waals surface area contributed by atoms with Crippen molar-refractivity contribution >= 4 is 5.78 Å². The van der Waals surface area contributed by atoms with Crippen molar-refractivity contribution in [3.8, 4) is 5.75 Å². The zero-order valence-corrected chi connectivity index (χ0v) is 9.63. The molecule has 17 heavy (non-hydrogen) atoms. The lowest BCUT2D eigenvalue weighted by molar-refractivity contribution is 0.0965. The number of hydrogen-bond donors (Lipinski definition) is 1. The van der Waals surface area contributed by atoms with Gasteiger partial charge < -0.3 is 5.11 Å². The van der Waals surface area contributed by atoms with E-state index in [2.05, 4.69) is 0 Å². The number of Topliss-reactive ketones (excluding diaryl/α,β-unsaturated/α-hetero) is 1. The minimum atomic E-state index is -0.335. The van der Waals surface area contributed by atoms with Gasteiger partial charge in [0.25, 0.3) is 0 Å². The standard InChI is InChI=1S/C15H14O2/c1-11(13-9-5-6-10-14(13)16)15(17)12-7-3-2-4-8-12/h2-11,16H,1H3. The molecule has 2 heteroatoms. The molecule has 0 bridgehead atoms. The summed E-state index contributed by atoms with van der Waals surface area (Å²) >= 11 is 0. The third-order valence-electron chi connectivity index (χ3n) is 2.85. The van der Waals surface area contributed by atoms with E-state index in [1.807, 2.05) is 31.2 Å². The molecule has 0 radical (unpaired) electrons. The molecular weight excluding hydrogens is 212 g/mol. The van der Waals surface area contributed by atoms with Gasteiger partial charge in [0.15, 0.2) is 5.78 Å². The predicted molar refractivity (Wildman–Crippen MR) is 67.3 cm³/mol. The average Bonchev–Trinajstić information content (AvgIpc) is 2.39. The summed E-state index contributed by atoms with van der Waals surface area (Å²) in [6, 6.07) is 16.1. The van der Waals surface area contributed by atoms with E-state index in [0.717, 1.165) is 0 Å². The zero-order chi connectivity index (χ0) is 12.3. The molecule has 1 N–H and O–H groups in total. The highest BCUT2D eigenvalue weighted by Crippen LogP contribution is 2.27. The fraction of sp³-hybridized carbons (Fsp3) is 0.133. The number of benzene rings is 2. The van der Waals surface area contributed by atoms with Crippen LogP contribution in [-0.4, -0.2) is 10.9 Å². The lowest BCUT2D eigenvalue weighted by atomic mass is 9.92. The summed E-state index contributed by atoms with van der Waals surface area (Å²) in [5, 5.41) is 9.72. The molecule has 2 nitrogen and oxygen atoms in total. The smallest absolute Gasteiger partial charge is 0.170 e. The number of phenolic OH excluding ortho intramolecular Hbond substituents is 1. The van der Waals surface area contributed by atoms with Crippen molar-refractivity contribution in [3.63, 3.8) is 0 Å². The van der Waals surface area contributed by atoms with E-state index >= 15 is 0 Å².